The van der Waals surface area contributed by atoms with E-state index >= 15 is 0 Å². The third-order valence-electron chi connectivity index (χ3n) is 4.34. The SMILES string of the molecule is CC(C)(C)CCCCCC(=O)CCCO[C@H]1OCC(O)(CO)C1O. The van der Waals surface area contributed by atoms with Crippen molar-refractivity contribution < 1.29 is 29.6 Å². The quantitative estimate of drug-likeness (QED) is 0.494. The minimum Gasteiger partial charge on any atom is -0.393 e. The molecular formula is C18H34O6. The van der Waals surface area contributed by atoms with Gasteiger partial charge < -0.3 is 24.8 Å². The number of aliphatic hydroxyl groups excluding tert-OH is 2. The van der Waals surface area contributed by atoms with Crippen molar-refractivity contribution in [3.63, 3.8) is 0 Å². The van der Waals surface area contributed by atoms with Crippen LogP contribution in [0.3, 0.4) is 0 Å². The average Bonchev–Trinajstić information content (AvgIpc) is 2.79. The van der Waals surface area contributed by atoms with Crippen LogP contribution >= 0.6 is 0 Å². The van der Waals surface area contributed by atoms with Gasteiger partial charge in [-0.1, -0.05) is 33.6 Å². The largest absolute Gasteiger partial charge is 0.393 e. The molecule has 6 heteroatoms. The summed E-state index contributed by atoms with van der Waals surface area (Å²) in [6, 6.07) is 0. The molecule has 24 heavy (non-hydrogen) atoms. The number of rotatable bonds is 11. The van der Waals surface area contributed by atoms with E-state index in [-0.39, 0.29) is 19.0 Å². The maximum atomic E-state index is 11.8. The molecule has 0 radical (unpaired) electrons. The van der Waals surface area contributed by atoms with Gasteiger partial charge in [-0.25, -0.2) is 0 Å². The summed E-state index contributed by atoms with van der Waals surface area (Å²) in [6.45, 7) is 6.21. The van der Waals surface area contributed by atoms with Crippen molar-refractivity contribution in [2.75, 3.05) is 19.8 Å². The van der Waals surface area contributed by atoms with E-state index in [1.54, 1.807) is 0 Å². The summed E-state index contributed by atoms with van der Waals surface area (Å²) in [5.74, 6) is 0.231. The van der Waals surface area contributed by atoms with E-state index < -0.39 is 24.6 Å². The summed E-state index contributed by atoms with van der Waals surface area (Å²) in [6.07, 6.45) is 3.75. The highest BCUT2D eigenvalue weighted by Crippen LogP contribution is 2.25. The molecular weight excluding hydrogens is 312 g/mol. The number of carbonyl (C=O) groups is 1. The molecule has 2 unspecified atom stereocenters. The van der Waals surface area contributed by atoms with E-state index in [4.69, 9.17) is 14.6 Å². The van der Waals surface area contributed by atoms with Crippen molar-refractivity contribution in [2.24, 2.45) is 5.41 Å². The lowest BCUT2D eigenvalue weighted by atomic mass is 9.89. The Bertz CT molecular complexity index is 378. The molecule has 1 rings (SSSR count). The zero-order chi connectivity index (χ0) is 18.2. The second kappa shape index (κ2) is 9.82. The number of Topliss-reactive ketones (excluding diaryl/α,β-unsaturated/α-hetero) is 1. The van der Waals surface area contributed by atoms with Crippen LogP contribution in [0.2, 0.25) is 0 Å². The van der Waals surface area contributed by atoms with Gasteiger partial charge in [-0.15, -0.1) is 0 Å². The second-order valence-electron chi connectivity index (χ2n) is 8.02. The van der Waals surface area contributed by atoms with Crippen LogP contribution < -0.4 is 0 Å². The smallest absolute Gasteiger partial charge is 0.186 e. The third kappa shape index (κ3) is 7.57. The molecule has 0 aliphatic carbocycles. The Morgan fingerprint density at radius 2 is 1.88 bits per heavy atom. The Labute approximate surface area is 145 Å². The lowest BCUT2D eigenvalue weighted by Gasteiger charge is -2.23. The van der Waals surface area contributed by atoms with Crippen molar-refractivity contribution in [3.8, 4) is 0 Å². The van der Waals surface area contributed by atoms with E-state index in [1.807, 2.05) is 0 Å². The van der Waals surface area contributed by atoms with Crippen LogP contribution in [0.15, 0.2) is 0 Å². The van der Waals surface area contributed by atoms with Gasteiger partial charge in [-0.3, -0.25) is 4.79 Å². The molecule has 0 bridgehead atoms. The van der Waals surface area contributed by atoms with Gasteiger partial charge in [0, 0.05) is 12.8 Å². The van der Waals surface area contributed by atoms with Crippen molar-refractivity contribution in [3.05, 3.63) is 0 Å². The molecule has 0 amide bonds. The van der Waals surface area contributed by atoms with E-state index in [1.165, 1.54) is 6.42 Å². The van der Waals surface area contributed by atoms with Gasteiger partial charge in [-0.05, 0) is 24.7 Å². The molecule has 6 nitrogen and oxygen atoms in total. The fourth-order valence-electron chi connectivity index (χ4n) is 2.68. The zero-order valence-electron chi connectivity index (χ0n) is 15.3. The Morgan fingerprint density at radius 3 is 2.46 bits per heavy atom. The summed E-state index contributed by atoms with van der Waals surface area (Å²) in [5.41, 5.74) is -1.30. The highest BCUT2D eigenvalue weighted by molar-refractivity contribution is 5.78. The maximum absolute atomic E-state index is 11.8. The number of hydrogen-bond acceptors (Lipinski definition) is 6. The molecule has 1 aliphatic rings. The van der Waals surface area contributed by atoms with Crippen LogP contribution in [-0.4, -0.2) is 58.9 Å². The van der Waals surface area contributed by atoms with Gasteiger partial charge >= 0.3 is 0 Å². The fourth-order valence-corrected chi connectivity index (χ4v) is 2.68. The first-order valence-electron chi connectivity index (χ1n) is 8.94. The first-order valence-corrected chi connectivity index (χ1v) is 8.94. The first kappa shape index (κ1) is 21.5. The van der Waals surface area contributed by atoms with E-state index in [2.05, 4.69) is 20.8 Å². The van der Waals surface area contributed by atoms with Crippen LogP contribution in [0.25, 0.3) is 0 Å². The van der Waals surface area contributed by atoms with Crippen LogP contribution in [-0.2, 0) is 14.3 Å². The number of unbranched alkanes of at least 4 members (excludes halogenated alkanes) is 2. The molecule has 0 aromatic heterocycles. The summed E-state index contributed by atoms with van der Waals surface area (Å²) >= 11 is 0. The van der Waals surface area contributed by atoms with Crippen LogP contribution in [0.4, 0.5) is 0 Å². The monoisotopic (exact) mass is 346 g/mol. The predicted molar refractivity (Wildman–Crippen MR) is 90.5 cm³/mol. The van der Waals surface area contributed by atoms with Crippen LogP contribution in [0, 0.1) is 5.41 Å². The first-order chi connectivity index (χ1) is 11.2. The van der Waals surface area contributed by atoms with Crippen LogP contribution in [0.1, 0.15) is 65.7 Å². The normalized spacial score (nSPS) is 27.6. The Morgan fingerprint density at radius 1 is 1.21 bits per heavy atom. The molecule has 3 N–H and O–H groups in total. The molecule has 0 saturated carbocycles. The zero-order valence-corrected chi connectivity index (χ0v) is 15.3. The molecule has 1 aliphatic heterocycles. The van der Waals surface area contributed by atoms with E-state index in [0.29, 0.717) is 24.7 Å². The average molecular weight is 346 g/mol. The molecule has 1 saturated heterocycles. The van der Waals surface area contributed by atoms with E-state index in [0.717, 1.165) is 19.3 Å². The van der Waals surface area contributed by atoms with Crippen molar-refractivity contribution in [2.45, 2.75) is 83.7 Å². The molecule has 3 atom stereocenters. The highest BCUT2D eigenvalue weighted by Gasteiger charge is 2.48. The highest BCUT2D eigenvalue weighted by atomic mass is 16.7. The molecule has 0 spiro atoms. The minimum atomic E-state index is -1.66. The number of ketones is 1. The predicted octanol–water partition coefficient (Wildman–Crippen LogP) is 1.79. The van der Waals surface area contributed by atoms with Crippen LogP contribution in [0.5, 0.6) is 0 Å². The van der Waals surface area contributed by atoms with E-state index in [9.17, 15) is 15.0 Å². The lowest BCUT2D eigenvalue weighted by molar-refractivity contribution is -0.162. The van der Waals surface area contributed by atoms with Crippen molar-refractivity contribution in [1.29, 1.82) is 0 Å². The van der Waals surface area contributed by atoms with Crippen molar-refractivity contribution >= 4 is 5.78 Å². The van der Waals surface area contributed by atoms with Gasteiger partial charge in [0.05, 0.1) is 19.8 Å². The fraction of sp³-hybridized carbons (Fsp3) is 0.944. The number of aliphatic hydroxyl groups is 3. The Balaban J connectivity index is 2.04. The van der Waals surface area contributed by atoms with Gasteiger partial charge in [0.2, 0.25) is 0 Å². The number of hydrogen-bond donors (Lipinski definition) is 3. The Kier molecular flexibility index (Phi) is 8.81. The van der Waals surface area contributed by atoms with Gasteiger partial charge in [-0.2, -0.15) is 0 Å². The molecule has 0 aromatic rings. The molecule has 142 valence electrons. The second-order valence-corrected chi connectivity index (χ2v) is 8.02. The number of carbonyl (C=O) groups excluding carboxylic acids is 1. The molecule has 0 aromatic carbocycles. The maximum Gasteiger partial charge on any atom is 0.186 e. The lowest BCUT2D eigenvalue weighted by Crippen LogP contribution is -2.47. The minimum absolute atomic E-state index is 0.164. The topological polar surface area (TPSA) is 96.2 Å². The number of ether oxygens (including phenoxy) is 2. The summed E-state index contributed by atoms with van der Waals surface area (Å²) in [4.78, 5) is 11.8. The standard InChI is InChI=1S/C18H34O6/c1-17(2,3)10-6-4-5-8-14(20)9-7-11-23-16-15(21)18(22,12-19)13-24-16/h15-16,19,21-22H,4-13H2,1-3H3/t15?,16-,18?/m0/s1. The summed E-state index contributed by atoms with van der Waals surface area (Å²) < 4.78 is 10.5. The Hall–Kier alpha value is -0.530. The summed E-state index contributed by atoms with van der Waals surface area (Å²) in [5, 5.41) is 28.7. The summed E-state index contributed by atoms with van der Waals surface area (Å²) in [7, 11) is 0. The molecule has 1 heterocycles. The van der Waals surface area contributed by atoms with Gasteiger partial charge in [0.15, 0.2) is 6.29 Å². The van der Waals surface area contributed by atoms with Gasteiger partial charge in [0.1, 0.15) is 17.5 Å². The molecule has 1 fully saturated rings. The van der Waals surface area contributed by atoms with Crippen molar-refractivity contribution in [1.82, 2.24) is 0 Å². The van der Waals surface area contributed by atoms with Gasteiger partial charge in [0.25, 0.3) is 0 Å². The third-order valence-corrected chi connectivity index (χ3v) is 4.34.